The zero-order valence-electron chi connectivity index (χ0n) is 16.5. The topological polar surface area (TPSA) is 90.5 Å². The molecule has 2 aromatic rings. The number of nitrogens with zero attached hydrogens (tertiary/aromatic N) is 1. The second-order valence-corrected chi connectivity index (χ2v) is 9.29. The zero-order chi connectivity index (χ0) is 20.2. The number of sulfonamides is 1. The second-order valence-electron chi connectivity index (χ2n) is 7.55. The zero-order valence-corrected chi connectivity index (χ0v) is 17.3. The third-order valence-electron chi connectivity index (χ3n) is 3.82. The van der Waals surface area contributed by atoms with Gasteiger partial charge in [0.2, 0.25) is 10.0 Å². The number of carbonyl (C=O) groups excluding carboxylic acids is 1. The normalized spacial score (nSPS) is 12.0. The van der Waals surface area contributed by atoms with Crippen molar-refractivity contribution in [2.45, 2.75) is 31.2 Å². The lowest BCUT2D eigenvalue weighted by Gasteiger charge is -2.20. The molecule has 0 radical (unpaired) electrons. The number of amides is 2. The van der Waals surface area contributed by atoms with Crippen LogP contribution in [0.1, 0.15) is 20.8 Å². The monoisotopic (exact) mass is 392 g/mol. The van der Waals surface area contributed by atoms with Gasteiger partial charge in [0.05, 0.1) is 4.90 Å². The molecule has 0 saturated heterocycles. The Balaban J connectivity index is 2.11. The van der Waals surface area contributed by atoms with Crippen LogP contribution in [0.5, 0.6) is 0 Å². The standard InChI is InChI=1S/C19H28N4O3S/c1-19(2,3)22-18(24)20-12-13-21-27(25,26)17-11-7-8-14-15(17)9-6-10-16(14)23(4)5/h6-11,21H,12-13H2,1-5H3,(H2,20,22,24). The SMILES string of the molecule is CN(C)c1cccc2c(S(=O)(=O)NCCNC(=O)NC(C)(C)C)cccc12. The Kier molecular flexibility index (Phi) is 6.33. The van der Waals surface area contributed by atoms with Crippen LogP contribution in [-0.2, 0) is 10.0 Å². The maximum atomic E-state index is 12.7. The van der Waals surface area contributed by atoms with E-state index in [4.69, 9.17) is 0 Å². The first-order valence-corrected chi connectivity index (χ1v) is 10.2. The number of nitrogens with one attached hydrogen (secondary N) is 3. The van der Waals surface area contributed by atoms with E-state index >= 15 is 0 Å². The van der Waals surface area contributed by atoms with Gasteiger partial charge in [-0.2, -0.15) is 0 Å². The number of rotatable bonds is 6. The average molecular weight is 393 g/mol. The minimum absolute atomic E-state index is 0.101. The van der Waals surface area contributed by atoms with Gasteiger partial charge in [-0.1, -0.05) is 24.3 Å². The van der Waals surface area contributed by atoms with Crippen molar-refractivity contribution in [3.05, 3.63) is 36.4 Å². The Morgan fingerprint density at radius 1 is 1.00 bits per heavy atom. The summed E-state index contributed by atoms with van der Waals surface area (Å²) in [5.41, 5.74) is 0.599. The van der Waals surface area contributed by atoms with Crippen molar-refractivity contribution in [2.24, 2.45) is 0 Å². The van der Waals surface area contributed by atoms with Gasteiger partial charge < -0.3 is 15.5 Å². The third kappa shape index (κ3) is 5.58. The Labute approximate surface area is 161 Å². The number of hydrogen-bond acceptors (Lipinski definition) is 4. The molecule has 0 aromatic heterocycles. The molecule has 2 aromatic carbocycles. The van der Waals surface area contributed by atoms with Crippen molar-refractivity contribution in [3.63, 3.8) is 0 Å². The van der Waals surface area contributed by atoms with Crippen LogP contribution in [0, 0.1) is 0 Å². The quantitative estimate of drug-likeness (QED) is 0.658. The fourth-order valence-corrected chi connectivity index (χ4v) is 3.96. The van der Waals surface area contributed by atoms with Crippen LogP contribution in [0.15, 0.2) is 41.3 Å². The van der Waals surface area contributed by atoms with E-state index in [0.717, 1.165) is 11.1 Å². The van der Waals surface area contributed by atoms with E-state index in [1.54, 1.807) is 18.2 Å². The largest absolute Gasteiger partial charge is 0.377 e. The summed E-state index contributed by atoms with van der Waals surface area (Å²) in [5.74, 6) is 0. The molecule has 0 aliphatic rings. The molecule has 3 N–H and O–H groups in total. The minimum atomic E-state index is -3.70. The van der Waals surface area contributed by atoms with Crippen molar-refractivity contribution in [1.29, 1.82) is 0 Å². The summed E-state index contributed by atoms with van der Waals surface area (Å²) < 4.78 is 28.0. The highest BCUT2D eigenvalue weighted by Crippen LogP contribution is 2.29. The molecule has 7 nitrogen and oxygen atoms in total. The highest BCUT2D eigenvalue weighted by Gasteiger charge is 2.18. The molecule has 8 heteroatoms. The minimum Gasteiger partial charge on any atom is -0.377 e. The van der Waals surface area contributed by atoms with E-state index in [1.807, 2.05) is 58.0 Å². The molecule has 0 saturated carbocycles. The highest BCUT2D eigenvalue weighted by molar-refractivity contribution is 7.89. The van der Waals surface area contributed by atoms with Crippen molar-refractivity contribution in [2.75, 3.05) is 32.1 Å². The van der Waals surface area contributed by atoms with Crippen LogP contribution < -0.4 is 20.3 Å². The van der Waals surface area contributed by atoms with Crippen LogP contribution in [0.4, 0.5) is 10.5 Å². The van der Waals surface area contributed by atoms with E-state index in [0.29, 0.717) is 5.39 Å². The van der Waals surface area contributed by atoms with Gasteiger partial charge in [-0.05, 0) is 32.9 Å². The molecule has 0 heterocycles. The third-order valence-corrected chi connectivity index (χ3v) is 5.34. The number of urea groups is 1. The Morgan fingerprint density at radius 3 is 2.26 bits per heavy atom. The lowest BCUT2D eigenvalue weighted by Crippen LogP contribution is -2.48. The second kappa shape index (κ2) is 8.14. The van der Waals surface area contributed by atoms with E-state index in [2.05, 4.69) is 15.4 Å². The predicted molar refractivity (Wildman–Crippen MR) is 110 cm³/mol. The van der Waals surface area contributed by atoms with Crippen LogP contribution in [0.25, 0.3) is 10.8 Å². The molecule has 2 amide bonds. The van der Waals surface area contributed by atoms with Crippen molar-refractivity contribution < 1.29 is 13.2 Å². The van der Waals surface area contributed by atoms with E-state index in [9.17, 15) is 13.2 Å². The molecule has 27 heavy (non-hydrogen) atoms. The van der Waals surface area contributed by atoms with Crippen molar-refractivity contribution in [1.82, 2.24) is 15.4 Å². The summed E-state index contributed by atoms with van der Waals surface area (Å²) in [6.45, 7) is 5.91. The van der Waals surface area contributed by atoms with Gasteiger partial charge in [0, 0.05) is 49.2 Å². The molecule has 0 aliphatic carbocycles. The summed E-state index contributed by atoms with van der Waals surface area (Å²) in [6.07, 6.45) is 0. The molecule has 0 spiro atoms. The number of hydrogen-bond donors (Lipinski definition) is 3. The molecule has 2 rings (SSSR count). The maximum Gasteiger partial charge on any atom is 0.315 e. The van der Waals surface area contributed by atoms with Crippen LogP contribution in [-0.4, -0.2) is 47.2 Å². The van der Waals surface area contributed by atoms with Crippen molar-refractivity contribution >= 4 is 32.5 Å². The number of anilines is 1. The smallest absolute Gasteiger partial charge is 0.315 e. The first-order chi connectivity index (χ1) is 12.5. The molecule has 0 bridgehead atoms. The summed E-state index contributed by atoms with van der Waals surface area (Å²) >= 11 is 0. The molecule has 0 fully saturated rings. The molecule has 148 valence electrons. The Bertz CT molecular complexity index is 918. The lowest BCUT2D eigenvalue weighted by atomic mass is 10.1. The molecular formula is C19H28N4O3S. The summed E-state index contributed by atoms with van der Waals surface area (Å²) in [6, 6.07) is 10.5. The number of carbonyl (C=O) groups is 1. The molecule has 0 atom stereocenters. The fourth-order valence-electron chi connectivity index (χ4n) is 2.71. The van der Waals surface area contributed by atoms with Crippen LogP contribution in [0.2, 0.25) is 0 Å². The van der Waals surface area contributed by atoms with Gasteiger partial charge in [0.1, 0.15) is 0 Å². The fraction of sp³-hybridized carbons (Fsp3) is 0.421. The summed E-state index contributed by atoms with van der Waals surface area (Å²) in [5, 5.41) is 6.93. The molecule has 0 aliphatic heterocycles. The van der Waals surface area contributed by atoms with Gasteiger partial charge in [-0.3, -0.25) is 0 Å². The molecule has 0 unspecified atom stereocenters. The first kappa shape index (κ1) is 21.0. The van der Waals surface area contributed by atoms with Crippen LogP contribution in [0.3, 0.4) is 0 Å². The highest BCUT2D eigenvalue weighted by atomic mass is 32.2. The number of fused-ring (bicyclic) bond motifs is 1. The first-order valence-electron chi connectivity index (χ1n) is 8.76. The van der Waals surface area contributed by atoms with E-state index in [1.165, 1.54) is 0 Å². The van der Waals surface area contributed by atoms with Gasteiger partial charge in [0.25, 0.3) is 0 Å². The lowest BCUT2D eigenvalue weighted by molar-refractivity contribution is 0.232. The summed E-state index contributed by atoms with van der Waals surface area (Å²) in [4.78, 5) is 13.9. The summed E-state index contributed by atoms with van der Waals surface area (Å²) in [7, 11) is 0.136. The maximum absolute atomic E-state index is 12.7. The predicted octanol–water partition coefficient (Wildman–Crippen LogP) is 2.28. The van der Waals surface area contributed by atoms with E-state index < -0.39 is 10.0 Å². The average Bonchev–Trinajstić information content (AvgIpc) is 2.56. The van der Waals surface area contributed by atoms with Crippen LogP contribution >= 0.6 is 0 Å². The van der Waals surface area contributed by atoms with Gasteiger partial charge in [0.15, 0.2) is 0 Å². The Morgan fingerprint density at radius 2 is 1.63 bits per heavy atom. The van der Waals surface area contributed by atoms with Gasteiger partial charge in [-0.25, -0.2) is 17.9 Å². The molecular weight excluding hydrogens is 364 g/mol. The number of benzene rings is 2. The van der Waals surface area contributed by atoms with Gasteiger partial charge in [-0.15, -0.1) is 0 Å². The van der Waals surface area contributed by atoms with E-state index in [-0.39, 0.29) is 29.6 Å². The Hall–Kier alpha value is -2.32. The van der Waals surface area contributed by atoms with Crippen molar-refractivity contribution in [3.8, 4) is 0 Å². The van der Waals surface area contributed by atoms with Gasteiger partial charge >= 0.3 is 6.03 Å².